The molecule has 0 radical (unpaired) electrons. The topological polar surface area (TPSA) is 68.8 Å². The van der Waals surface area contributed by atoms with Gasteiger partial charge in [0.1, 0.15) is 12.3 Å². The van der Waals surface area contributed by atoms with E-state index in [1.807, 2.05) is 12.1 Å². The molecule has 3 rings (SSSR count). The third kappa shape index (κ3) is 1.83. The summed E-state index contributed by atoms with van der Waals surface area (Å²) in [5, 5.41) is 15.8. The van der Waals surface area contributed by atoms with E-state index in [4.69, 9.17) is 4.42 Å². The molecule has 1 saturated heterocycles. The Morgan fingerprint density at radius 3 is 3.31 bits per heavy atom. The Hall–Kier alpha value is -1.69. The molecule has 1 aliphatic heterocycles. The minimum atomic E-state index is 0.408. The van der Waals surface area contributed by atoms with Crippen molar-refractivity contribution in [3.05, 3.63) is 30.0 Å². The first-order valence-corrected chi connectivity index (χ1v) is 5.42. The Bertz CT molecular complexity index is 443. The van der Waals surface area contributed by atoms with E-state index in [1.54, 1.807) is 11.1 Å². The number of furan rings is 1. The maximum atomic E-state index is 5.23. The summed E-state index contributed by atoms with van der Waals surface area (Å²) in [5.41, 5.74) is 0. The van der Waals surface area contributed by atoms with Crippen LogP contribution in [0.1, 0.15) is 23.9 Å². The lowest BCUT2D eigenvalue weighted by molar-refractivity contribution is 0.452. The normalized spacial score (nSPS) is 20.4. The summed E-state index contributed by atoms with van der Waals surface area (Å²) in [6.45, 7) is 2.53. The van der Waals surface area contributed by atoms with Crippen molar-refractivity contribution in [2.75, 3.05) is 13.1 Å². The standard InChI is InChI=1S/C10H13N5O/c1-2-9(16-5-1)7-15-13-10(12-14-15)8-3-4-11-6-8/h1-2,5,8,11H,3-4,6-7H2. The van der Waals surface area contributed by atoms with E-state index >= 15 is 0 Å². The molecule has 1 aliphatic rings. The Kier molecular flexibility index (Phi) is 2.41. The maximum absolute atomic E-state index is 5.23. The van der Waals surface area contributed by atoms with Crippen LogP contribution in [0.3, 0.4) is 0 Å². The first kappa shape index (κ1) is 9.53. The molecule has 6 nitrogen and oxygen atoms in total. The van der Waals surface area contributed by atoms with Crippen LogP contribution in [0.5, 0.6) is 0 Å². The van der Waals surface area contributed by atoms with E-state index in [-0.39, 0.29) is 0 Å². The molecule has 0 spiro atoms. The van der Waals surface area contributed by atoms with Crippen molar-refractivity contribution in [1.82, 2.24) is 25.5 Å². The van der Waals surface area contributed by atoms with Crippen LogP contribution in [0.15, 0.2) is 22.8 Å². The van der Waals surface area contributed by atoms with Crippen LogP contribution in [0, 0.1) is 0 Å². The zero-order chi connectivity index (χ0) is 10.8. The van der Waals surface area contributed by atoms with Gasteiger partial charge in [0, 0.05) is 12.5 Å². The number of nitrogens with zero attached hydrogens (tertiary/aromatic N) is 4. The fraction of sp³-hybridized carbons (Fsp3) is 0.500. The third-order valence-corrected chi connectivity index (χ3v) is 2.77. The van der Waals surface area contributed by atoms with Gasteiger partial charge in [-0.05, 0) is 30.3 Å². The van der Waals surface area contributed by atoms with E-state index in [9.17, 15) is 0 Å². The van der Waals surface area contributed by atoms with E-state index < -0.39 is 0 Å². The van der Waals surface area contributed by atoms with Crippen molar-refractivity contribution >= 4 is 0 Å². The predicted molar refractivity (Wildman–Crippen MR) is 55.9 cm³/mol. The fourth-order valence-corrected chi connectivity index (χ4v) is 1.90. The Morgan fingerprint density at radius 2 is 2.56 bits per heavy atom. The Morgan fingerprint density at radius 1 is 1.56 bits per heavy atom. The third-order valence-electron chi connectivity index (χ3n) is 2.77. The van der Waals surface area contributed by atoms with Gasteiger partial charge in [0.15, 0.2) is 5.82 Å². The van der Waals surface area contributed by atoms with Gasteiger partial charge in [-0.1, -0.05) is 0 Å². The molecule has 1 atom stereocenters. The monoisotopic (exact) mass is 219 g/mol. The van der Waals surface area contributed by atoms with Crippen LogP contribution in [0.4, 0.5) is 0 Å². The van der Waals surface area contributed by atoms with E-state index in [2.05, 4.69) is 20.7 Å². The van der Waals surface area contributed by atoms with Crippen molar-refractivity contribution in [2.45, 2.75) is 18.9 Å². The van der Waals surface area contributed by atoms with Crippen LogP contribution in [0.25, 0.3) is 0 Å². The second-order valence-electron chi connectivity index (χ2n) is 3.95. The maximum Gasteiger partial charge on any atom is 0.179 e. The van der Waals surface area contributed by atoms with Crippen LogP contribution in [-0.4, -0.2) is 33.3 Å². The summed E-state index contributed by atoms with van der Waals surface area (Å²) in [6, 6.07) is 3.76. The molecule has 1 unspecified atom stereocenters. The summed E-state index contributed by atoms with van der Waals surface area (Å²) < 4.78 is 5.23. The summed E-state index contributed by atoms with van der Waals surface area (Å²) >= 11 is 0. The lowest BCUT2D eigenvalue weighted by Gasteiger charge is -1.99. The molecule has 0 saturated carbocycles. The van der Waals surface area contributed by atoms with Gasteiger partial charge in [-0.3, -0.25) is 0 Å². The molecule has 0 amide bonds. The molecule has 1 N–H and O–H groups in total. The molecular weight excluding hydrogens is 206 g/mol. The zero-order valence-electron chi connectivity index (χ0n) is 8.83. The highest BCUT2D eigenvalue weighted by Gasteiger charge is 2.21. The molecule has 6 heteroatoms. The molecule has 16 heavy (non-hydrogen) atoms. The first-order chi connectivity index (χ1) is 7.92. The van der Waals surface area contributed by atoms with Crippen LogP contribution >= 0.6 is 0 Å². The average Bonchev–Trinajstić information content (AvgIpc) is 2.99. The van der Waals surface area contributed by atoms with Crippen molar-refractivity contribution in [3.8, 4) is 0 Å². The van der Waals surface area contributed by atoms with E-state index in [0.29, 0.717) is 12.5 Å². The van der Waals surface area contributed by atoms with Gasteiger partial charge in [0.2, 0.25) is 0 Å². The van der Waals surface area contributed by atoms with Gasteiger partial charge in [-0.25, -0.2) is 0 Å². The van der Waals surface area contributed by atoms with E-state index in [1.165, 1.54) is 0 Å². The smallest absolute Gasteiger partial charge is 0.179 e. The highest BCUT2D eigenvalue weighted by Crippen LogP contribution is 2.17. The lowest BCUT2D eigenvalue weighted by atomic mass is 10.1. The number of tetrazole rings is 1. The molecule has 0 aromatic carbocycles. The highest BCUT2D eigenvalue weighted by atomic mass is 16.3. The number of rotatable bonds is 3. The van der Waals surface area contributed by atoms with Gasteiger partial charge in [0.25, 0.3) is 0 Å². The second kappa shape index (κ2) is 4.05. The first-order valence-electron chi connectivity index (χ1n) is 5.42. The SMILES string of the molecule is c1coc(Cn2nnc(C3CCNC3)n2)c1. The van der Waals surface area contributed by atoms with Crippen LogP contribution in [0.2, 0.25) is 0 Å². The average molecular weight is 219 g/mol. The summed E-state index contributed by atoms with van der Waals surface area (Å²) in [6.07, 6.45) is 2.74. The second-order valence-corrected chi connectivity index (χ2v) is 3.95. The number of hydrogen-bond acceptors (Lipinski definition) is 5. The minimum absolute atomic E-state index is 0.408. The van der Waals surface area contributed by atoms with Gasteiger partial charge < -0.3 is 9.73 Å². The quantitative estimate of drug-likeness (QED) is 0.808. The molecular formula is C10H13N5O. The molecule has 2 aromatic heterocycles. The summed E-state index contributed by atoms with van der Waals surface area (Å²) in [4.78, 5) is 1.58. The Labute approximate surface area is 92.6 Å². The van der Waals surface area contributed by atoms with Gasteiger partial charge in [0.05, 0.1) is 6.26 Å². The summed E-state index contributed by atoms with van der Waals surface area (Å²) in [7, 11) is 0. The van der Waals surface area contributed by atoms with Crippen LogP contribution in [-0.2, 0) is 6.54 Å². The van der Waals surface area contributed by atoms with Crippen molar-refractivity contribution in [2.24, 2.45) is 0 Å². The van der Waals surface area contributed by atoms with Gasteiger partial charge >= 0.3 is 0 Å². The largest absolute Gasteiger partial charge is 0.467 e. The van der Waals surface area contributed by atoms with Crippen molar-refractivity contribution < 1.29 is 4.42 Å². The number of nitrogens with one attached hydrogen (secondary N) is 1. The molecule has 2 aromatic rings. The molecule has 0 aliphatic carbocycles. The zero-order valence-corrected chi connectivity index (χ0v) is 8.83. The van der Waals surface area contributed by atoms with E-state index in [0.717, 1.165) is 31.1 Å². The number of aromatic nitrogens is 4. The lowest BCUT2D eigenvalue weighted by Crippen LogP contribution is -2.09. The highest BCUT2D eigenvalue weighted by molar-refractivity contribution is 4.99. The van der Waals surface area contributed by atoms with Crippen molar-refractivity contribution in [1.29, 1.82) is 0 Å². The molecule has 84 valence electrons. The molecule has 0 bridgehead atoms. The van der Waals surface area contributed by atoms with Gasteiger partial charge in [-0.15, -0.1) is 10.2 Å². The fourth-order valence-electron chi connectivity index (χ4n) is 1.90. The van der Waals surface area contributed by atoms with Crippen molar-refractivity contribution in [3.63, 3.8) is 0 Å². The number of hydrogen-bond donors (Lipinski definition) is 1. The molecule has 3 heterocycles. The van der Waals surface area contributed by atoms with Gasteiger partial charge in [-0.2, -0.15) is 4.80 Å². The Balaban J connectivity index is 1.72. The minimum Gasteiger partial charge on any atom is -0.467 e. The summed E-state index contributed by atoms with van der Waals surface area (Å²) in [5.74, 6) is 2.08. The van der Waals surface area contributed by atoms with Crippen LogP contribution < -0.4 is 5.32 Å². The molecule has 1 fully saturated rings. The predicted octanol–water partition coefficient (Wildman–Crippen LogP) is 0.391.